The van der Waals surface area contributed by atoms with Gasteiger partial charge in [0.05, 0.1) is 11.5 Å². The van der Waals surface area contributed by atoms with Crippen molar-refractivity contribution in [3.8, 4) is 0 Å². The van der Waals surface area contributed by atoms with Crippen molar-refractivity contribution in [3.05, 3.63) is 53.4 Å². The van der Waals surface area contributed by atoms with E-state index in [0.717, 1.165) is 16.6 Å². The molecule has 2 aromatic heterocycles. The SMILES string of the molecule is NS(=O)(=O)NC[C@@H]1C[C@@H](n2ccc3c(NCc4cccc(Cl)c4)ncnc32)C[C@@H]1O. The molecular weight excluding hydrogens is 428 g/mol. The summed E-state index contributed by atoms with van der Waals surface area (Å²) in [5.41, 5.74) is 1.80. The molecule has 30 heavy (non-hydrogen) atoms. The molecule has 0 aliphatic heterocycles. The van der Waals surface area contributed by atoms with E-state index in [1.165, 1.54) is 6.33 Å². The lowest BCUT2D eigenvalue weighted by Gasteiger charge is -2.14. The highest BCUT2D eigenvalue weighted by Gasteiger charge is 2.35. The van der Waals surface area contributed by atoms with E-state index in [1.54, 1.807) is 0 Å². The molecular formula is C19H23ClN6O3S. The normalized spacial score (nSPS) is 21.9. The van der Waals surface area contributed by atoms with Crippen LogP contribution in [0.15, 0.2) is 42.9 Å². The summed E-state index contributed by atoms with van der Waals surface area (Å²) in [6, 6.07) is 9.55. The van der Waals surface area contributed by atoms with E-state index >= 15 is 0 Å². The van der Waals surface area contributed by atoms with Crippen LogP contribution < -0.4 is 15.2 Å². The Morgan fingerprint density at radius 2 is 2.10 bits per heavy atom. The lowest BCUT2D eigenvalue weighted by molar-refractivity contribution is 0.133. The Bertz CT molecular complexity index is 1150. The van der Waals surface area contributed by atoms with Gasteiger partial charge in [0.15, 0.2) is 0 Å². The van der Waals surface area contributed by atoms with E-state index in [4.69, 9.17) is 16.7 Å². The van der Waals surface area contributed by atoms with Crippen molar-refractivity contribution in [2.24, 2.45) is 11.1 Å². The van der Waals surface area contributed by atoms with Crippen molar-refractivity contribution in [1.82, 2.24) is 19.3 Å². The second kappa shape index (κ2) is 8.48. The van der Waals surface area contributed by atoms with Crippen LogP contribution in [-0.4, -0.2) is 40.7 Å². The van der Waals surface area contributed by atoms with E-state index in [-0.39, 0.29) is 18.5 Å². The molecule has 1 aliphatic carbocycles. The van der Waals surface area contributed by atoms with Gasteiger partial charge in [-0.05, 0) is 36.6 Å². The molecule has 1 saturated carbocycles. The third-order valence-corrected chi connectivity index (χ3v) is 6.24. The maximum absolute atomic E-state index is 11.1. The molecule has 9 nitrogen and oxygen atoms in total. The fraction of sp³-hybridized carbons (Fsp3) is 0.368. The van der Waals surface area contributed by atoms with Gasteiger partial charge in [0, 0.05) is 36.3 Å². The first kappa shape index (κ1) is 21.0. The number of benzene rings is 1. The van der Waals surface area contributed by atoms with Crippen LogP contribution in [0.1, 0.15) is 24.4 Å². The van der Waals surface area contributed by atoms with Gasteiger partial charge in [-0.15, -0.1) is 0 Å². The molecule has 0 unspecified atom stereocenters. The highest BCUT2D eigenvalue weighted by Crippen LogP contribution is 2.37. The molecule has 0 amide bonds. The lowest BCUT2D eigenvalue weighted by Crippen LogP contribution is -2.36. The fourth-order valence-electron chi connectivity index (χ4n) is 3.98. The largest absolute Gasteiger partial charge is 0.393 e. The highest BCUT2D eigenvalue weighted by atomic mass is 35.5. The number of hydrogen-bond donors (Lipinski definition) is 4. The number of nitrogens with one attached hydrogen (secondary N) is 2. The Morgan fingerprint density at radius 3 is 2.87 bits per heavy atom. The molecule has 0 radical (unpaired) electrons. The van der Waals surface area contributed by atoms with Crippen LogP contribution in [0.3, 0.4) is 0 Å². The monoisotopic (exact) mass is 450 g/mol. The minimum Gasteiger partial charge on any atom is -0.393 e. The van der Waals surface area contributed by atoms with Crippen LogP contribution >= 0.6 is 11.6 Å². The number of rotatable bonds is 7. The zero-order valence-electron chi connectivity index (χ0n) is 16.1. The lowest BCUT2D eigenvalue weighted by atomic mass is 10.1. The molecule has 1 aliphatic rings. The summed E-state index contributed by atoms with van der Waals surface area (Å²) in [5, 5.41) is 20.3. The predicted octanol–water partition coefficient (Wildman–Crippen LogP) is 1.80. The number of anilines is 1. The summed E-state index contributed by atoms with van der Waals surface area (Å²) in [6.45, 7) is 0.679. The average molecular weight is 451 g/mol. The van der Waals surface area contributed by atoms with E-state index in [1.807, 2.05) is 41.1 Å². The van der Waals surface area contributed by atoms with Gasteiger partial charge in [0.1, 0.15) is 17.8 Å². The van der Waals surface area contributed by atoms with Crippen LogP contribution in [-0.2, 0) is 16.8 Å². The molecule has 0 bridgehead atoms. The van der Waals surface area contributed by atoms with E-state index in [0.29, 0.717) is 30.2 Å². The summed E-state index contributed by atoms with van der Waals surface area (Å²) in [4.78, 5) is 8.79. The van der Waals surface area contributed by atoms with Gasteiger partial charge in [0.2, 0.25) is 0 Å². The van der Waals surface area contributed by atoms with E-state index < -0.39 is 16.3 Å². The molecule has 3 atom stereocenters. The summed E-state index contributed by atoms with van der Waals surface area (Å²) in [5.74, 6) is 0.498. The molecule has 160 valence electrons. The second-order valence-electron chi connectivity index (χ2n) is 7.51. The van der Waals surface area contributed by atoms with Gasteiger partial charge in [-0.2, -0.15) is 8.42 Å². The molecule has 0 spiro atoms. The zero-order chi connectivity index (χ0) is 21.3. The number of nitrogens with two attached hydrogens (primary N) is 1. The van der Waals surface area contributed by atoms with Crippen LogP contribution in [0.4, 0.5) is 5.82 Å². The Hall–Kier alpha value is -2.24. The number of hydrogen-bond acceptors (Lipinski definition) is 6. The van der Waals surface area contributed by atoms with Gasteiger partial charge in [-0.1, -0.05) is 23.7 Å². The third kappa shape index (κ3) is 4.73. The molecule has 2 heterocycles. The first-order valence-electron chi connectivity index (χ1n) is 9.55. The van der Waals surface area contributed by atoms with Gasteiger partial charge in [-0.3, -0.25) is 0 Å². The molecule has 3 aromatic rings. The Morgan fingerprint density at radius 1 is 1.27 bits per heavy atom. The van der Waals surface area contributed by atoms with Gasteiger partial charge >= 0.3 is 0 Å². The summed E-state index contributed by atoms with van der Waals surface area (Å²) in [7, 11) is -3.78. The minimum atomic E-state index is -3.78. The Kier molecular flexibility index (Phi) is 5.94. The number of fused-ring (bicyclic) bond motifs is 1. The first-order chi connectivity index (χ1) is 14.3. The first-order valence-corrected chi connectivity index (χ1v) is 11.5. The van der Waals surface area contributed by atoms with Crippen molar-refractivity contribution in [2.45, 2.75) is 31.5 Å². The molecule has 11 heteroatoms. The highest BCUT2D eigenvalue weighted by molar-refractivity contribution is 7.87. The molecule has 1 fully saturated rings. The summed E-state index contributed by atoms with van der Waals surface area (Å²) in [6.07, 6.45) is 3.93. The smallest absolute Gasteiger partial charge is 0.274 e. The zero-order valence-corrected chi connectivity index (χ0v) is 17.6. The van der Waals surface area contributed by atoms with Crippen molar-refractivity contribution in [2.75, 3.05) is 11.9 Å². The van der Waals surface area contributed by atoms with Crippen molar-refractivity contribution in [1.29, 1.82) is 0 Å². The Labute approximate surface area is 179 Å². The molecule has 4 rings (SSSR count). The predicted molar refractivity (Wildman–Crippen MR) is 115 cm³/mol. The number of aliphatic hydroxyl groups excluding tert-OH is 1. The number of aliphatic hydroxyl groups is 1. The van der Waals surface area contributed by atoms with Crippen molar-refractivity contribution < 1.29 is 13.5 Å². The average Bonchev–Trinajstić information content (AvgIpc) is 3.28. The van der Waals surface area contributed by atoms with E-state index in [9.17, 15) is 13.5 Å². The van der Waals surface area contributed by atoms with Crippen LogP contribution in [0, 0.1) is 5.92 Å². The van der Waals surface area contributed by atoms with E-state index in [2.05, 4.69) is 20.0 Å². The summed E-state index contributed by atoms with van der Waals surface area (Å²) >= 11 is 6.05. The van der Waals surface area contributed by atoms with Gasteiger partial charge in [-0.25, -0.2) is 19.8 Å². The number of aromatic nitrogens is 3. The quantitative estimate of drug-likeness (QED) is 0.433. The minimum absolute atomic E-state index is 0.000425. The topological polar surface area (TPSA) is 135 Å². The van der Waals surface area contributed by atoms with Crippen LogP contribution in [0.2, 0.25) is 5.02 Å². The molecule has 5 N–H and O–H groups in total. The summed E-state index contributed by atoms with van der Waals surface area (Å²) < 4.78 is 26.6. The molecule has 0 saturated heterocycles. The Balaban J connectivity index is 1.50. The van der Waals surface area contributed by atoms with Gasteiger partial charge < -0.3 is 15.0 Å². The molecule has 1 aromatic carbocycles. The van der Waals surface area contributed by atoms with Crippen molar-refractivity contribution in [3.63, 3.8) is 0 Å². The van der Waals surface area contributed by atoms with Crippen LogP contribution in [0.25, 0.3) is 11.0 Å². The second-order valence-corrected chi connectivity index (χ2v) is 9.33. The standard InChI is InChI=1S/C19H23ClN6O3S/c20-14-3-1-2-12(6-14)9-22-18-16-4-5-26(19(16)24-11-23-18)15-7-13(17(27)8-15)10-25-30(21,28)29/h1-6,11,13,15,17,25,27H,7-10H2,(H2,21,28,29)(H,22,23,24)/t13-,15+,17-/m0/s1. The fourth-order valence-corrected chi connectivity index (χ4v) is 4.64. The maximum atomic E-state index is 11.1. The number of halogens is 1. The van der Waals surface area contributed by atoms with Crippen molar-refractivity contribution >= 4 is 38.7 Å². The van der Waals surface area contributed by atoms with Crippen LogP contribution in [0.5, 0.6) is 0 Å². The van der Waals surface area contributed by atoms with Gasteiger partial charge in [0.25, 0.3) is 10.2 Å². The maximum Gasteiger partial charge on any atom is 0.274 e. The number of nitrogens with zero attached hydrogens (tertiary/aromatic N) is 3. The third-order valence-electron chi connectivity index (χ3n) is 5.43.